The van der Waals surface area contributed by atoms with E-state index in [4.69, 9.17) is 5.11 Å². The van der Waals surface area contributed by atoms with Crippen molar-refractivity contribution in [2.24, 2.45) is 0 Å². The van der Waals surface area contributed by atoms with Crippen LogP contribution in [0.1, 0.15) is 25.8 Å². The number of benzene rings is 1. The Bertz CT molecular complexity index is 359. The number of aliphatic hydroxyl groups excluding tert-OH is 1. The lowest BCUT2D eigenvalue weighted by Crippen LogP contribution is -2.40. The van der Waals surface area contributed by atoms with Crippen molar-refractivity contribution < 1.29 is 5.11 Å². The van der Waals surface area contributed by atoms with Crippen LogP contribution in [-0.4, -0.2) is 23.8 Å². The quantitative estimate of drug-likeness (QED) is 0.754. The average molecular weight is 217 g/mol. The molecule has 0 aromatic heterocycles. The monoisotopic (exact) mass is 217 g/mol. The van der Waals surface area contributed by atoms with Gasteiger partial charge < -0.3 is 10.4 Å². The summed E-state index contributed by atoms with van der Waals surface area (Å²) < 4.78 is 0. The smallest absolute Gasteiger partial charge is 0.0584 e. The molecule has 0 radical (unpaired) electrons. The molecular weight excluding hydrogens is 198 g/mol. The van der Waals surface area contributed by atoms with Gasteiger partial charge >= 0.3 is 0 Å². The zero-order valence-corrected chi connectivity index (χ0v) is 9.96. The van der Waals surface area contributed by atoms with Gasteiger partial charge in [0, 0.05) is 17.7 Å². The summed E-state index contributed by atoms with van der Waals surface area (Å²) in [5.74, 6) is 6.16. The maximum Gasteiger partial charge on any atom is 0.0584 e. The number of hydrogen-bond donors (Lipinski definition) is 2. The molecule has 1 aromatic rings. The molecule has 0 aliphatic rings. The van der Waals surface area contributed by atoms with E-state index in [1.54, 1.807) is 0 Å². The van der Waals surface area contributed by atoms with E-state index in [2.05, 4.69) is 31.0 Å². The normalized spacial score (nSPS) is 10.7. The second-order valence-electron chi connectivity index (χ2n) is 4.38. The van der Waals surface area contributed by atoms with Crippen LogP contribution < -0.4 is 5.32 Å². The maximum absolute atomic E-state index is 8.86. The highest BCUT2D eigenvalue weighted by molar-refractivity contribution is 5.33. The zero-order chi connectivity index (χ0) is 11.9. The van der Waals surface area contributed by atoms with Crippen LogP contribution in [-0.2, 0) is 0 Å². The Morgan fingerprint density at radius 3 is 2.56 bits per heavy atom. The van der Waals surface area contributed by atoms with Crippen molar-refractivity contribution in [1.82, 2.24) is 5.32 Å². The van der Waals surface area contributed by atoms with Crippen molar-refractivity contribution in [3.63, 3.8) is 0 Å². The van der Waals surface area contributed by atoms with E-state index in [-0.39, 0.29) is 12.1 Å². The van der Waals surface area contributed by atoms with E-state index in [0.717, 1.165) is 12.0 Å². The van der Waals surface area contributed by atoms with Gasteiger partial charge in [0.2, 0.25) is 0 Å². The highest BCUT2D eigenvalue weighted by Gasteiger charge is 2.14. The van der Waals surface area contributed by atoms with Crippen LogP contribution in [0.4, 0.5) is 0 Å². The Morgan fingerprint density at radius 1 is 1.25 bits per heavy atom. The number of rotatable bonds is 4. The molecule has 0 bridgehead atoms. The highest BCUT2D eigenvalue weighted by Crippen LogP contribution is 2.05. The second-order valence-corrected chi connectivity index (χ2v) is 4.38. The maximum atomic E-state index is 8.86. The molecular formula is C14H19NO. The van der Waals surface area contributed by atoms with Crippen molar-refractivity contribution >= 4 is 0 Å². The third-order valence-corrected chi connectivity index (χ3v) is 2.40. The van der Waals surface area contributed by atoms with Crippen LogP contribution in [0.3, 0.4) is 0 Å². The largest absolute Gasteiger partial charge is 0.396 e. The summed E-state index contributed by atoms with van der Waals surface area (Å²) in [5, 5.41) is 12.2. The van der Waals surface area contributed by atoms with Crippen molar-refractivity contribution in [3.8, 4) is 11.8 Å². The summed E-state index contributed by atoms with van der Waals surface area (Å²) in [6.07, 6.45) is 0.736. The van der Waals surface area contributed by atoms with Crippen molar-refractivity contribution in [2.45, 2.75) is 25.8 Å². The molecule has 0 heterocycles. The minimum atomic E-state index is -0.0554. The first-order valence-corrected chi connectivity index (χ1v) is 5.54. The molecule has 0 unspecified atom stereocenters. The molecule has 0 spiro atoms. The molecule has 0 saturated carbocycles. The number of nitrogens with one attached hydrogen (secondary N) is 1. The molecule has 0 saturated heterocycles. The third-order valence-electron chi connectivity index (χ3n) is 2.40. The molecule has 0 aliphatic heterocycles. The molecule has 1 aromatic carbocycles. The topological polar surface area (TPSA) is 32.3 Å². The van der Waals surface area contributed by atoms with Gasteiger partial charge in [-0.15, -0.1) is 0 Å². The van der Waals surface area contributed by atoms with E-state index in [0.29, 0.717) is 6.54 Å². The lowest BCUT2D eigenvalue weighted by atomic mass is 10.0. The average Bonchev–Trinajstić information content (AvgIpc) is 2.26. The van der Waals surface area contributed by atoms with Crippen molar-refractivity contribution in [3.05, 3.63) is 35.9 Å². The molecule has 0 aliphatic carbocycles. The first kappa shape index (κ1) is 12.8. The Hall–Kier alpha value is -1.30. The first-order valence-electron chi connectivity index (χ1n) is 5.54. The van der Waals surface area contributed by atoms with Gasteiger partial charge in [-0.25, -0.2) is 0 Å². The van der Waals surface area contributed by atoms with Crippen molar-refractivity contribution in [1.29, 1.82) is 0 Å². The fourth-order valence-corrected chi connectivity index (χ4v) is 1.32. The SMILES string of the molecule is CC(C)(CCO)NCC#Cc1ccccc1. The third kappa shape index (κ3) is 4.97. The predicted molar refractivity (Wildman–Crippen MR) is 67.1 cm³/mol. The van der Waals surface area contributed by atoms with Gasteiger partial charge in [0.15, 0.2) is 0 Å². The fraction of sp³-hybridized carbons (Fsp3) is 0.429. The van der Waals surface area contributed by atoms with E-state index in [9.17, 15) is 0 Å². The van der Waals surface area contributed by atoms with Crippen molar-refractivity contribution in [2.75, 3.05) is 13.2 Å². The zero-order valence-electron chi connectivity index (χ0n) is 9.96. The van der Waals surface area contributed by atoms with E-state index in [1.165, 1.54) is 0 Å². The molecule has 0 amide bonds. The Morgan fingerprint density at radius 2 is 1.94 bits per heavy atom. The standard InChI is InChI=1S/C14H19NO/c1-14(2,10-12-16)15-11-6-9-13-7-4-3-5-8-13/h3-5,7-8,15-16H,10-12H2,1-2H3. The van der Waals surface area contributed by atoms with Gasteiger partial charge in [-0.2, -0.15) is 0 Å². The van der Waals surface area contributed by atoms with Crippen LogP contribution in [0.5, 0.6) is 0 Å². The van der Waals surface area contributed by atoms with Gasteiger partial charge in [-0.3, -0.25) is 0 Å². The summed E-state index contributed by atoms with van der Waals surface area (Å²) in [7, 11) is 0. The Labute approximate surface area is 97.7 Å². The van der Waals surface area contributed by atoms with Crippen LogP contribution in [0, 0.1) is 11.8 Å². The van der Waals surface area contributed by atoms with Gasteiger partial charge in [0.25, 0.3) is 0 Å². The molecule has 16 heavy (non-hydrogen) atoms. The van der Waals surface area contributed by atoms with E-state index >= 15 is 0 Å². The summed E-state index contributed by atoms with van der Waals surface area (Å²) in [5.41, 5.74) is 0.976. The summed E-state index contributed by atoms with van der Waals surface area (Å²) in [6, 6.07) is 9.92. The predicted octanol–water partition coefficient (Wildman–Crippen LogP) is 1.79. The van der Waals surface area contributed by atoms with Crippen LogP contribution in [0.25, 0.3) is 0 Å². The molecule has 2 heteroatoms. The van der Waals surface area contributed by atoms with E-state index in [1.807, 2.05) is 30.3 Å². The summed E-state index contributed by atoms with van der Waals surface area (Å²) in [6.45, 7) is 4.97. The number of aliphatic hydroxyl groups is 1. The molecule has 2 nitrogen and oxygen atoms in total. The highest BCUT2D eigenvalue weighted by atomic mass is 16.3. The van der Waals surface area contributed by atoms with Gasteiger partial charge in [0.05, 0.1) is 6.54 Å². The minimum absolute atomic E-state index is 0.0554. The van der Waals surface area contributed by atoms with Gasteiger partial charge in [-0.05, 0) is 32.4 Å². The lowest BCUT2D eigenvalue weighted by molar-refractivity contribution is 0.235. The Balaban J connectivity index is 2.39. The van der Waals surface area contributed by atoms with Crippen LogP contribution in [0.15, 0.2) is 30.3 Å². The minimum Gasteiger partial charge on any atom is -0.396 e. The van der Waals surface area contributed by atoms with E-state index < -0.39 is 0 Å². The fourth-order valence-electron chi connectivity index (χ4n) is 1.32. The Kier molecular flexibility index (Phi) is 5.04. The number of hydrogen-bond acceptors (Lipinski definition) is 2. The van der Waals surface area contributed by atoms with Crippen LogP contribution in [0.2, 0.25) is 0 Å². The molecule has 1 rings (SSSR count). The summed E-state index contributed by atoms with van der Waals surface area (Å²) >= 11 is 0. The summed E-state index contributed by atoms with van der Waals surface area (Å²) in [4.78, 5) is 0. The first-order chi connectivity index (χ1) is 7.64. The molecule has 0 atom stereocenters. The van der Waals surface area contributed by atoms with Gasteiger partial charge in [-0.1, -0.05) is 30.0 Å². The molecule has 86 valence electrons. The van der Waals surface area contributed by atoms with Gasteiger partial charge in [0.1, 0.15) is 0 Å². The lowest BCUT2D eigenvalue weighted by Gasteiger charge is -2.23. The second kappa shape index (κ2) is 6.32. The molecule has 0 fully saturated rings. The molecule has 2 N–H and O–H groups in total. The van der Waals surface area contributed by atoms with Crippen LogP contribution >= 0.6 is 0 Å².